The van der Waals surface area contributed by atoms with Crippen LogP contribution in [0.25, 0.3) is 10.9 Å². The molecule has 0 fully saturated rings. The number of allylic oxidation sites excluding steroid dienone is 1. The maximum absolute atomic E-state index is 13.3. The topological polar surface area (TPSA) is 73.2 Å². The first-order valence-corrected chi connectivity index (χ1v) is 11.0. The van der Waals surface area contributed by atoms with E-state index in [4.69, 9.17) is 4.74 Å². The summed E-state index contributed by atoms with van der Waals surface area (Å²) in [5.41, 5.74) is 3.45. The lowest BCUT2D eigenvalue weighted by Crippen LogP contribution is -2.19. The van der Waals surface area contributed by atoms with Crippen LogP contribution in [0.5, 0.6) is 0 Å². The molecule has 0 bridgehead atoms. The molecule has 32 heavy (non-hydrogen) atoms. The van der Waals surface area contributed by atoms with Crippen molar-refractivity contribution >= 4 is 34.5 Å². The number of hydrogen-bond acceptors (Lipinski definition) is 6. The van der Waals surface area contributed by atoms with Gasteiger partial charge in [0.25, 0.3) is 0 Å². The van der Waals surface area contributed by atoms with E-state index in [0.717, 1.165) is 11.1 Å². The quantitative estimate of drug-likeness (QED) is 0.425. The number of rotatable bonds is 5. The molecule has 7 heteroatoms. The van der Waals surface area contributed by atoms with E-state index in [9.17, 15) is 9.59 Å². The van der Waals surface area contributed by atoms with Crippen molar-refractivity contribution in [2.45, 2.75) is 12.0 Å². The molecule has 0 saturated heterocycles. The second-order valence-electron chi connectivity index (χ2n) is 7.28. The highest BCUT2D eigenvalue weighted by Crippen LogP contribution is 2.35. The zero-order valence-electron chi connectivity index (χ0n) is 17.0. The Balaban J connectivity index is 1.39. The summed E-state index contributed by atoms with van der Waals surface area (Å²) in [6.07, 6.45) is 4.53. The van der Waals surface area contributed by atoms with Crippen molar-refractivity contribution in [3.63, 3.8) is 0 Å². The number of ether oxygens (including phenoxy) is 1. The number of nitrogens with zero attached hydrogens (tertiary/aromatic N) is 2. The molecular formula is C25H19N3O3S. The maximum atomic E-state index is 13.3. The van der Waals surface area contributed by atoms with Crippen LogP contribution in [0.3, 0.4) is 0 Å². The molecule has 158 valence electrons. The summed E-state index contributed by atoms with van der Waals surface area (Å²) in [4.78, 5) is 30.3. The molecule has 0 amide bonds. The van der Waals surface area contributed by atoms with Crippen molar-refractivity contribution in [3.8, 4) is 0 Å². The van der Waals surface area contributed by atoms with Gasteiger partial charge in [0.2, 0.25) is 5.78 Å². The fraction of sp³-hybridized carbons (Fsp3) is 0.0800. The molecule has 4 aromatic rings. The predicted molar refractivity (Wildman–Crippen MR) is 124 cm³/mol. The molecule has 0 aliphatic carbocycles. The van der Waals surface area contributed by atoms with E-state index in [2.05, 4.69) is 10.3 Å². The van der Waals surface area contributed by atoms with E-state index in [1.54, 1.807) is 24.7 Å². The van der Waals surface area contributed by atoms with Crippen molar-refractivity contribution in [1.29, 1.82) is 0 Å². The fourth-order valence-electron chi connectivity index (χ4n) is 3.60. The van der Waals surface area contributed by atoms with Crippen LogP contribution in [-0.2, 0) is 11.3 Å². The number of hydrogen-bond donors (Lipinski definition) is 1. The normalized spacial score (nSPS) is 15.2. The summed E-state index contributed by atoms with van der Waals surface area (Å²) in [6.45, 7) is 0.158. The lowest BCUT2D eigenvalue weighted by atomic mass is 10.1. The molecule has 1 atom stereocenters. The van der Waals surface area contributed by atoms with Crippen LogP contribution in [0.2, 0.25) is 0 Å². The largest absolute Gasteiger partial charge is 0.444 e. The first-order valence-electron chi connectivity index (χ1n) is 10.1. The third-order valence-electron chi connectivity index (χ3n) is 5.20. The van der Waals surface area contributed by atoms with Gasteiger partial charge in [-0.3, -0.25) is 14.3 Å². The number of pyridine rings is 1. The zero-order chi connectivity index (χ0) is 21.9. The Morgan fingerprint density at radius 2 is 1.84 bits per heavy atom. The van der Waals surface area contributed by atoms with Crippen LogP contribution < -0.4 is 5.32 Å². The summed E-state index contributed by atoms with van der Waals surface area (Å²) in [5, 5.41) is 5.71. The van der Waals surface area contributed by atoms with Crippen molar-refractivity contribution in [3.05, 3.63) is 113 Å². The number of nitrogens with one attached hydrogen (secondary N) is 1. The van der Waals surface area contributed by atoms with Crippen LogP contribution in [0.4, 0.5) is 4.79 Å². The number of thioether (sulfide) groups is 1. The minimum atomic E-state index is -0.528. The minimum Gasteiger partial charge on any atom is -0.444 e. The third-order valence-corrected chi connectivity index (χ3v) is 6.23. The smallest absolute Gasteiger partial charge is 0.418 e. The molecule has 0 spiro atoms. The molecule has 5 rings (SSSR count). The Morgan fingerprint density at radius 3 is 2.66 bits per heavy atom. The van der Waals surface area contributed by atoms with Crippen LogP contribution >= 0.6 is 11.8 Å². The lowest BCUT2D eigenvalue weighted by Gasteiger charge is -2.12. The first-order chi connectivity index (χ1) is 15.7. The Bertz CT molecular complexity index is 1320. The van der Waals surface area contributed by atoms with E-state index in [-0.39, 0.29) is 17.8 Å². The van der Waals surface area contributed by atoms with Gasteiger partial charge in [-0.1, -0.05) is 54.6 Å². The standard InChI is InChI=1S/C25H19N3O3S/c29-23(21-16-32-24(27-21)18-9-6-12-26-13-18)20-14-28(22-11-5-4-10-19(20)22)25(30)31-15-17-7-2-1-3-8-17/h1-14,16,24,27H,15H2. The van der Waals surface area contributed by atoms with E-state index < -0.39 is 6.09 Å². The summed E-state index contributed by atoms with van der Waals surface area (Å²) in [5.74, 6) is -0.172. The van der Waals surface area contributed by atoms with Gasteiger partial charge in [0.05, 0.1) is 16.8 Å². The van der Waals surface area contributed by atoms with Gasteiger partial charge in [-0.2, -0.15) is 0 Å². The third kappa shape index (κ3) is 3.90. The average molecular weight is 442 g/mol. The zero-order valence-corrected chi connectivity index (χ0v) is 17.8. The van der Waals surface area contributed by atoms with Crippen LogP contribution in [0.15, 0.2) is 96.4 Å². The second-order valence-corrected chi connectivity index (χ2v) is 8.26. The summed E-state index contributed by atoms with van der Waals surface area (Å²) in [7, 11) is 0. The number of ketones is 1. The van der Waals surface area contributed by atoms with E-state index in [1.807, 2.05) is 66.1 Å². The van der Waals surface area contributed by atoms with Gasteiger partial charge < -0.3 is 10.1 Å². The molecule has 0 saturated carbocycles. The number of benzene rings is 2. The predicted octanol–water partition coefficient (Wildman–Crippen LogP) is 5.28. The van der Waals surface area contributed by atoms with Gasteiger partial charge in [0.1, 0.15) is 12.0 Å². The highest BCUT2D eigenvalue weighted by Gasteiger charge is 2.27. The highest BCUT2D eigenvalue weighted by molar-refractivity contribution is 8.02. The molecule has 0 radical (unpaired) electrons. The molecule has 2 aromatic carbocycles. The van der Waals surface area contributed by atoms with Crippen LogP contribution in [0, 0.1) is 0 Å². The van der Waals surface area contributed by atoms with Crippen LogP contribution in [-0.4, -0.2) is 21.4 Å². The lowest BCUT2D eigenvalue weighted by molar-refractivity contribution is 0.102. The fourth-order valence-corrected chi connectivity index (χ4v) is 4.54. The Labute approximate surface area is 188 Å². The number of carbonyl (C=O) groups is 2. The highest BCUT2D eigenvalue weighted by atomic mass is 32.2. The van der Waals surface area contributed by atoms with Gasteiger partial charge in [-0.05, 0) is 17.7 Å². The number of fused-ring (bicyclic) bond motifs is 1. The van der Waals surface area contributed by atoms with Crippen LogP contribution in [0.1, 0.15) is 26.9 Å². The van der Waals surface area contributed by atoms with Crippen molar-refractivity contribution in [1.82, 2.24) is 14.9 Å². The monoisotopic (exact) mass is 441 g/mol. The molecule has 1 N–H and O–H groups in total. The Morgan fingerprint density at radius 1 is 1.03 bits per heavy atom. The molecular weight excluding hydrogens is 422 g/mol. The Kier molecular flexibility index (Phi) is 5.47. The maximum Gasteiger partial charge on any atom is 0.418 e. The van der Waals surface area contributed by atoms with Crippen molar-refractivity contribution < 1.29 is 14.3 Å². The number of aromatic nitrogens is 2. The van der Waals surface area contributed by atoms with Crippen molar-refractivity contribution in [2.24, 2.45) is 0 Å². The molecule has 1 aliphatic rings. The SMILES string of the molecule is O=C(C1=CSC(c2cccnc2)N1)c1cn(C(=O)OCc2ccccc2)c2ccccc12. The number of Topliss-reactive ketones (excluding diaryl/α,β-unsaturated/α-hetero) is 1. The van der Waals surface area contributed by atoms with Gasteiger partial charge in [0.15, 0.2) is 0 Å². The molecule has 3 heterocycles. The number of carbonyl (C=O) groups excluding carboxylic acids is 2. The van der Waals surface area contributed by atoms with E-state index in [0.29, 0.717) is 22.2 Å². The molecule has 1 aliphatic heterocycles. The first kappa shape index (κ1) is 20.1. The average Bonchev–Trinajstić information content (AvgIpc) is 3.49. The van der Waals surface area contributed by atoms with Gasteiger partial charge in [0, 0.05) is 34.9 Å². The van der Waals surface area contributed by atoms with Gasteiger partial charge >= 0.3 is 6.09 Å². The Hall–Kier alpha value is -3.84. The summed E-state index contributed by atoms with van der Waals surface area (Å²) >= 11 is 1.52. The molecule has 1 unspecified atom stereocenters. The number of para-hydroxylation sites is 1. The molecule has 6 nitrogen and oxygen atoms in total. The summed E-state index contributed by atoms with van der Waals surface area (Å²) < 4.78 is 6.88. The van der Waals surface area contributed by atoms with Gasteiger partial charge in [-0.25, -0.2) is 4.79 Å². The van der Waals surface area contributed by atoms with Crippen molar-refractivity contribution in [2.75, 3.05) is 0 Å². The van der Waals surface area contributed by atoms with E-state index in [1.165, 1.54) is 16.3 Å². The van der Waals surface area contributed by atoms with E-state index >= 15 is 0 Å². The molecule has 2 aromatic heterocycles. The van der Waals surface area contributed by atoms with Gasteiger partial charge in [-0.15, -0.1) is 11.8 Å². The summed E-state index contributed by atoms with van der Waals surface area (Å²) in [6, 6.07) is 20.6. The minimum absolute atomic E-state index is 0.0770. The second kappa shape index (κ2) is 8.72.